The second kappa shape index (κ2) is 5.84. The predicted molar refractivity (Wildman–Crippen MR) is 59.8 cm³/mol. The molecule has 5 heteroatoms. The summed E-state index contributed by atoms with van der Waals surface area (Å²) in [7, 11) is 0. The van der Waals surface area contributed by atoms with Gasteiger partial charge in [-0.2, -0.15) is 0 Å². The van der Waals surface area contributed by atoms with Crippen LogP contribution in [0.15, 0.2) is 0 Å². The van der Waals surface area contributed by atoms with Gasteiger partial charge in [0, 0.05) is 6.04 Å². The second-order valence-electron chi connectivity index (χ2n) is 4.12. The van der Waals surface area contributed by atoms with Crippen molar-refractivity contribution in [2.45, 2.75) is 39.3 Å². The summed E-state index contributed by atoms with van der Waals surface area (Å²) in [5.74, 6) is -0.496. The van der Waals surface area contributed by atoms with E-state index in [9.17, 15) is 9.59 Å². The van der Waals surface area contributed by atoms with Gasteiger partial charge in [0.15, 0.2) is 0 Å². The summed E-state index contributed by atoms with van der Waals surface area (Å²) in [6.07, 6.45) is 0.822. The van der Waals surface area contributed by atoms with Crippen LogP contribution >= 0.6 is 0 Å². The van der Waals surface area contributed by atoms with Crippen LogP contribution in [0.1, 0.15) is 27.2 Å². The molecule has 3 unspecified atom stereocenters. The molecule has 0 aromatic rings. The van der Waals surface area contributed by atoms with Gasteiger partial charge in [0.25, 0.3) is 0 Å². The molecule has 2 N–H and O–H groups in total. The molecule has 16 heavy (non-hydrogen) atoms. The highest BCUT2D eigenvalue weighted by Crippen LogP contribution is 2.15. The Morgan fingerprint density at radius 1 is 1.56 bits per heavy atom. The van der Waals surface area contributed by atoms with Gasteiger partial charge in [-0.25, -0.2) is 4.79 Å². The highest BCUT2D eigenvalue weighted by Gasteiger charge is 2.31. The lowest BCUT2D eigenvalue weighted by molar-refractivity contribution is -0.147. The third-order valence-electron chi connectivity index (χ3n) is 2.86. The fourth-order valence-corrected chi connectivity index (χ4v) is 1.86. The van der Waals surface area contributed by atoms with Gasteiger partial charge in [-0.3, -0.25) is 4.79 Å². The predicted octanol–water partition coefficient (Wildman–Crippen LogP) is 0.0522. The normalized spacial score (nSPS) is 26.2. The van der Waals surface area contributed by atoms with Crippen molar-refractivity contribution < 1.29 is 14.3 Å². The number of nitrogens with one attached hydrogen (secondary N) is 2. The lowest BCUT2D eigenvalue weighted by atomic mass is 10.0. The van der Waals surface area contributed by atoms with Gasteiger partial charge in [0.2, 0.25) is 5.91 Å². The first-order valence-electron chi connectivity index (χ1n) is 5.76. The first-order chi connectivity index (χ1) is 7.56. The molecule has 0 aromatic carbocycles. The number of ether oxygens (including phenoxy) is 1. The zero-order valence-corrected chi connectivity index (χ0v) is 10.1. The molecule has 0 bridgehead atoms. The largest absolute Gasteiger partial charge is 0.464 e. The molecule has 0 radical (unpaired) electrons. The molecular formula is C11H20N2O3. The first-order valence-corrected chi connectivity index (χ1v) is 5.76. The summed E-state index contributed by atoms with van der Waals surface area (Å²) in [6, 6.07) is -0.394. The zero-order chi connectivity index (χ0) is 12.1. The van der Waals surface area contributed by atoms with Crippen LogP contribution in [-0.4, -0.2) is 37.1 Å². The van der Waals surface area contributed by atoms with Gasteiger partial charge in [-0.15, -0.1) is 0 Å². The van der Waals surface area contributed by atoms with E-state index in [-0.39, 0.29) is 23.8 Å². The van der Waals surface area contributed by atoms with Crippen molar-refractivity contribution in [3.05, 3.63) is 0 Å². The van der Waals surface area contributed by atoms with Gasteiger partial charge >= 0.3 is 5.97 Å². The highest BCUT2D eigenvalue weighted by atomic mass is 16.5. The summed E-state index contributed by atoms with van der Waals surface area (Å²) < 4.78 is 4.82. The van der Waals surface area contributed by atoms with Crippen molar-refractivity contribution in [1.82, 2.24) is 10.6 Å². The summed E-state index contributed by atoms with van der Waals surface area (Å²) in [5, 5.41) is 5.88. The Labute approximate surface area is 95.9 Å². The Morgan fingerprint density at radius 2 is 2.25 bits per heavy atom. The Hall–Kier alpha value is -1.10. The summed E-state index contributed by atoms with van der Waals surface area (Å²) >= 11 is 0. The minimum Gasteiger partial charge on any atom is -0.464 e. The van der Waals surface area contributed by atoms with Gasteiger partial charge in [-0.1, -0.05) is 0 Å². The average molecular weight is 228 g/mol. The first kappa shape index (κ1) is 13.0. The van der Waals surface area contributed by atoms with Gasteiger partial charge in [0.05, 0.1) is 12.5 Å². The third-order valence-corrected chi connectivity index (χ3v) is 2.86. The number of carbonyl (C=O) groups excluding carboxylic acids is 2. The van der Waals surface area contributed by atoms with E-state index in [1.165, 1.54) is 0 Å². The van der Waals surface area contributed by atoms with Crippen molar-refractivity contribution in [3.63, 3.8) is 0 Å². The Morgan fingerprint density at radius 3 is 2.75 bits per heavy atom. The molecule has 5 nitrogen and oxygen atoms in total. The van der Waals surface area contributed by atoms with Crippen LogP contribution in [0.3, 0.4) is 0 Å². The fraction of sp³-hybridized carbons (Fsp3) is 0.818. The van der Waals surface area contributed by atoms with Gasteiger partial charge in [-0.05, 0) is 33.7 Å². The number of rotatable bonds is 4. The van der Waals surface area contributed by atoms with Crippen LogP contribution < -0.4 is 10.6 Å². The molecule has 1 heterocycles. The summed E-state index contributed by atoms with van der Waals surface area (Å²) in [5.41, 5.74) is 0. The Kier molecular flexibility index (Phi) is 4.73. The molecule has 0 aromatic heterocycles. The number of esters is 1. The zero-order valence-electron chi connectivity index (χ0n) is 10.1. The second-order valence-corrected chi connectivity index (χ2v) is 4.12. The third kappa shape index (κ3) is 3.20. The van der Waals surface area contributed by atoms with Crippen LogP contribution in [0.2, 0.25) is 0 Å². The van der Waals surface area contributed by atoms with E-state index in [0.29, 0.717) is 6.61 Å². The topological polar surface area (TPSA) is 67.4 Å². The van der Waals surface area contributed by atoms with Crippen molar-refractivity contribution >= 4 is 11.9 Å². The quantitative estimate of drug-likeness (QED) is 0.667. The summed E-state index contributed by atoms with van der Waals surface area (Å²) in [6.45, 7) is 6.55. The van der Waals surface area contributed by atoms with E-state index < -0.39 is 6.04 Å². The number of hydrogen-bond acceptors (Lipinski definition) is 4. The Balaban J connectivity index is 2.41. The smallest absolute Gasteiger partial charge is 0.328 e. The molecule has 0 spiro atoms. The van der Waals surface area contributed by atoms with E-state index in [4.69, 9.17) is 4.74 Å². The summed E-state index contributed by atoms with van der Waals surface area (Å²) in [4.78, 5) is 23.1. The number of hydrogen-bond donors (Lipinski definition) is 2. The van der Waals surface area contributed by atoms with Crippen LogP contribution in [0.5, 0.6) is 0 Å². The molecule has 92 valence electrons. The van der Waals surface area contributed by atoms with E-state index in [0.717, 1.165) is 13.0 Å². The molecule has 1 saturated heterocycles. The lowest BCUT2D eigenvalue weighted by Crippen LogP contribution is -2.44. The average Bonchev–Trinajstić information content (AvgIpc) is 2.64. The maximum absolute atomic E-state index is 11.8. The van der Waals surface area contributed by atoms with Crippen molar-refractivity contribution in [2.75, 3.05) is 13.2 Å². The van der Waals surface area contributed by atoms with Crippen LogP contribution in [-0.2, 0) is 14.3 Å². The van der Waals surface area contributed by atoms with Crippen molar-refractivity contribution in [2.24, 2.45) is 5.92 Å². The van der Waals surface area contributed by atoms with E-state index in [2.05, 4.69) is 10.6 Å². The number of carbonyl (C=O) groups is 2. The van der Waals surface area contributed by atoms with Crippen molar-refractivity contribution in [3.8, 4) is 0 Å². The van der Waals surface area contributed by atoms with Gasteiger partial charge < -0.3 is 15.4 Å². The minimum atomic E-state index is -0.569. The lowest BCUT2D eigenvalue weighted by Gasteiger charge is -2.18. The maximum atomic E-state index is 11.8. The SMILES string of the molecule is CCOC(=O)C(C)NC(=O)C1CCNC1C. The molecule has 1 aliphatic rings. The van der Waals surface area contributed by atoms with Crippen LogP contribution in [0.25, 0.3) is 0 Å². The minimum absolute atomic E-state index is 0.0446. The molecule has 1 aliphatic heterocycles. The number of amides is 1. The van der Waals surface area contributed by atoms with E-state index in [1.807, 2.05) is 6.92 Å². The molecule has 1 amide bonds. The molecule has 1 fully saturated rings. The molecule has 0 saturated carbocycles. The van der Waals surface area contributed by atoms with E-state index in [1.54, 1.807) is 13.8 Å². The van der Waals surface area contributed by atoms with Crippen LogP contribution in [0, 0.1) is 5.92 Å². The maximum Gasteiger partial charge on any atom is 0.328 e. The van der Waals surface area contributed by atoms with Gasteiger partial charge in [0.1, 0.15) is 6.04 Å². The standard InChI is InChI=1S/C11H20N2O3/c1-4-16-11(15)8(3)13-10(14)9-5-6-12-7(9)2/h7-9,12H,4-6H2,1-3H3,(H,13,14). The van der Waals surface area contributed by atoms with E-state index >= 15 is 0 Å². The Bertz CT molecular complexity index is 268. The monoisotopic (exact) mass is 228 g/mol. The highest BCUT2D eigenvalue weighted by molar-refractivity contribution is 5.86. The molecular weight excluding hydrogens is 208 g/mol. The van der Waals surface area contributed by atoms with Crippen molar-refractivity contribution in [1.29, 1.82) is 0 Å². The molecule has 0 aliphatic carbocycles. The molecule has 1 rings (SSSR count). The molecule has 3 atom stereocenters. The van der Waals surface area contributed by atoms with Crippen LogP contribution in [0.4, 0.5) is 0 Å². The fourth-order valence-electron chi connectivity index (χ4n) is 1.86.